The van der Waals surface area contributed by atoms with Crippen LogP contribution in [0.5, 0.6) is 0 Å². The number of fused-ring (bicyclic) bond motifs is 4. The number of piperidine rings is 1. The summed E-state index contributed by atoms with van der Waals surface area (Å²) in [7, 11) is 2.53. The predicted molar refractivity (Wildman–Crippen MR) is 239 cm³/mol. The average Bonchev–Trinajstić information content (AvgIpc) is 3.61. The van der Waals surface area contributed by atoms with E-state index in [0.717, 1.165) is 37.7 Å². The maximum atomic E-state index is 16.7. The van der Waals surface area contributed by atoms with E-state index in [-0.39, 0.29) is 58.2 Å². The predicted octanol–water partition coefficient (Wildman–Crippen LogP) is 8.85. The Hall–Kier alpha value is -6.32. The second-order valence-corrected chi connectivity index (χ2v) is 19.1. The number of likely N-dealkylation sites (tertiary alicyclic amines) is 2. The maximum Gasteiger partial charge on any atom is 0.407 e. The number of amides is 4. The zero-order chi connectivity index (χ0) is 46.1. The molecule has 4 heterocycles. The molecule has 2 saturated heterocycles. The van der Waals surface area contributed by atoms with Crippen LogP contribution >= 0.6 is 0 Å². The minimum Gasteiger partial charge on any atom is -0.453 e. The fourth-order valence-electron chi connectivity index (χ4n) is 10.3. The van der Waals surface area contributed by atoms with Crippen molar-refractivity contribution in [2.45, 2.75) is 96.8 Å². The van der Waals surface area contributed by atoms with Gasteiger partial charge >= 0.3 is 12.2 Å². The highest BCUT2D eigenvalue weighted by Gasteiger charge is 2.55. The Labute approximate surface area is 376 Å². The number of methoxy groups -OCH3 is 2. The van der Waals surface area contributed by atoms with Gasteiger partial charge in [0.15, 0.2) is 0 Å². The fraction of sp³-hybridized carbons (Fsp3) is 0.469. The number of hydrogen-bond acceptors (Lipinski definition) is 8. The van der Waals surface area contributed by atoms with E-state index in [2.05, 4.69) is 27.5 Å². The average molecular weight is 891 g/mol. The number of nitrogens with zero attached hydrogens (tertiary/aromatic N) is 4. The molecule has 4 N–H and O–H groups in total. The zero-order valence-corrected chi connectivity index (χ0v) is 37.8. The fourth-order valence-corrected chi connectivity index (χ4v) is 10.3. The molecule has 1 spiro atoms. The highest BCUT2D eigenvalue weighted by molar-refractivity contribution is 5.89. The van der Waals surface area contributed by atoms with E-state index in [0.29, 0.717) is 63.7 Å². The zero-order valence-electron chi connectivity index (χ0n) is 37.8. The van der Waals surface area contributed by atoms with Gasteiger partial charge in [0.2, 0.25) is 11.8 Å². The van der Waals surface area contributed by atoms with E-state index in [4.69, 9.17) is 19.4 Å². The molecule has 65 heavy (non-hydrogen) atoms. The number of carbonyl (C=O) groups is 4. The summed E-state index contributed by atoms with van der Waals surface area (Å²) in [5.41, 5.74) is 4.60. The van der Waals surface area contributed by atoms with Crippen LogP contribution in [0, 0.1) is 23.2 Å². The van der Waals surface area contributed by atoms with Crippen LogP contribution in [0.4, 0.5) is 18.4 Å². The molecule has 5 aromatic rings. The first-order valence-electron chi connectivity index (χ1n) is 22.5. The van der Waals surface area contributed by atoms with Crippen molar-refractivity contribution in [2.24, 2.45) is 23.2 Å². The summed E-state index contributed by atoms with van der Waals surface area (Å²) in [4.78, 5) is 72.3. The van der Waals surface area contributed by atoms with Crippen molar-refractivity contribution in [1.82, 2.24) is 40.4 Å². The van der Waals surface area contributed by atoms with Gasteiger partial charge in [0.05, 0.1) is 49.2 Å². The van der Waals surface area contributed by atoms with Crippen molar-refractivity contribution < 1.29 is 37.4 Å². The highest BCUT2D eigenvalue weighted by atomic mass is 19.3. The van der Waals surface area contributed by atoms with E-state index in [9.17, 15) is 19.2 Å². The van der Waals surface area contributed by atoms with Crippen LogP contribution in [0.15, 0.2) is 60.8 Å². The lowest BCUT2D eigenvalue weighted by Gasteiger charge is -2.41. The maximum absolute atomic E-state index is 16.7. The molecule has 9 rings (SSSR count). The van der Waals surface area contributed by atoms with Gasteiger partial charge in [-0.1, -0.05) is 65.0 Å². The number of alkyl carbamates (subject to hydrolysis) is 2. The molecule has 3 fully saturated rings. The van der Waals surface area contributed by atoms with Gasteiger partial charge in [-0.05, 0) is 102 Å². The number of aromatic amines is 2. The van der Waals surface area contributed by atoms with Crippen LogP contribution in [0.2, 0.25) is 0 Å². The molecule has 5 atom stereocenters. The number of benzene rings is 3. The van der Waals surface area contributed by atoms with Crippen LogP contribution in [0.25, 0.3) is 44.5 Å². The molecule has 4 amide bonds. The van der Waals surface area contributed by atoms with E-state index in [1.165, 1.54) is 20.3 Å². The largest absolute Gasteiger partial charge is 0.453 e. The molecule has 3 aromatic carbocycles. The molecule has 14 nitrogen and oxygen atoms in total. The summed E-state index contributed by atoms with van der Waals surface area (Å²) in [5.74, 6) is -2.78. The van der Waals surface area contributed by atoms with Crippen molar-refractivity contribution in [1.29, 1.82) is 0 Å². The quantitative estimate of drug-likeness (QED) is 0.108. The minimum absolute atomic E-state index is 0.00866. The van der Waals surface area contributed by atoms with E-state index in [1.807, 2.05) is 58.0 Å². The third kappa shape index (κ3) is 7.88. The number of nitrogens with one attached hydrogen (secondary N) is 4. The lowest BCUT2D eigenvalue weighted by molar-refractivity contribution is -0.140. The third-order valence-corrected chi connectivity index (χ3v) is 14.1. The standard InChI is InChI=1S/C49H56F2N8O6/c1-25(2)39(56-46(62)64-6)44(60)58-18-8-9-27(5)41(58)43-53-35-15-12-29(21-36(35)54-43)28-10-13-31-32-14-11-30(20-34(32)49(50,51)33(31)19-28)37-23-52-42(55-37)38-22-48(16-17-48)24-59(38)45(61)40(26(3)4)57-47(63)65-7/h10-15,19-21,23,25-27,38-41H,8-9,16-18,22,24H2,1-7H3,(H,52,55)(H,53,54)(H,56,62)(H,57,63)/t27-,38+,39?,40+,41+/m1/s1. The summed E-state index contributed by atoms with van der Waals surface area (Å²) in [6.45, 7) is 10.7. The number of alkyl halides is 2. The van der Waals surface area contributed by atoms with E-state index >= 15 is 8.78 Å². The number of aromatic nitrogens is 4. The number of rotatable bonds is 10. The monoisotopic (exact) mass is 890 g/mol. The van der Waals surface area contributed by atoms with Gasteiger partial charge in [-0.3, -0.25) is 9.59 Å². The number of H-pyrrole nitrogens is 2. The summed E-state index contributed by atoms with van der Waals surface area (Å²) < 4.78 is 43.0. The molecule has 2 aromatic heterocycles. The second-order valence-electron chi connectivity index (χ2n) is 19.1. The van der Waals surface area contributed by atoms with Gasteiger partial charge < -0.3 is 39.9 Å². The summed E-state index contributed by atoms with van der Waals surface area (Å²) in [5, 5.41) is 5.41. The number of ether oxygens (including phenoxy) is 2. The number of hydrogen-bond donors (Lipinski definition) is 4. The molecular weight excluding hydrogens is 835 g/mol. The number of imidazole rings is 2. The molecule has 1 saturated carbocycles. The van der Waals surface area contributed by atoms with E-state index in [1.54, 1.807) is 34.2 Å². The smallest absolute Gasteiger partial charge is 0.407 e. The second kappa shape index (κ2) is 16.6. The topological polar surface area (TPSA) is 175 Å². The minimum atomic E-state index is -3.29. The van der Waals surface area contributed by atoms with Crippen LogP contribution in [-0.2, 0) is 25.0 Å². The number of halogens is 2. The molecule has 2 aliphatic heterocycles. The van der Waals surface area contributed by atoms with Gasteiger partial charge in [-0.15, -0.1) is 0 Å². The van der Waals surface area contributed by atoms with Gasteiger partial charge in [-0.25, -0.2) is 19.6 Å². The normalized spacial score (nSPS) is 21.3. The SMILES string of the molecule is COC(=O)NC(C(=O)N1CCC[C@@H](C)[C@H]1c1nc2ccc(-c3ccc4c(c3)C(F)(F)c3cc(-c5cnc([C@@H]6CC7(CC7)CN6C(=O)[C@@H](NC(=O)OC)C(C)C)[nH]5)ccc3-4)cc2[nH]1)C(C)C. The Morgan fingerprint density at radius 1 is 0.785 bits per heavy atom. The lowest BCUT2D eigenvalue weighted by Crippen LogP contribution is -2.54. The van der Waals surface area contributed by atoms with Crippen LogP contribution < -0.4 is 10.6 Å². The molecule has 2 aliphatic carbocycles. The highest BCUT2D eigenvalue weighted by Crippen LogP contribution is 2.59. The van der Waals surface area contributed by atoms with Crippen molar-refractivity contribution >= 4 is 35.0 Å². The van der Waals surface area contributed by atoms with E-state index < -0.39 is 30.2 Å². The van der Waals surface area contributed by atoms with Gasteiger partial charge in [0.1, 0.15) is 23.7 Å². The molecule has 0 bridgehead atoms. The molecule has 16 heteroatoms. The Morgan fingerprint density at radius 2 is 1.37 bits per heavy atom. The molecule has 4 aliphatic rings. The Kier molecular flexibility index (Phi) is 11.2. The van der Waals surface area contributed by atoms with Gasteiger partial charge in [0, 0.05) is 29.8 Å². The molecule has 342 valence electrons. The molecular formula is C49H56F2N8O6. The first kappa shape index (κ1) is 43.9. The van der Waals surface area contributed by atoms with Gasteiger partial charge in [-0.2, -0.15) is 8.78 Å². The van der Waals surface area contributed by atoms with Crippen LogP contribution in [0.1, 0.15) is 102 Å². The molecule has 1 unspecified atom stereocenters. The summed E-state index contributed by atoms with van der Waals surface area (Å²) in [6, 6.07) is 13.6. The summed E-state index contributed by atoms with van der Waals surface area (Å²) in [6.07, 6.45) is 4.72. The van der Waals surface area contributed by atoms with Crippen LogP contribution in [-0.4, -0.2) is 93.1 Å². The number of carbonyl (C=O) groups excluding carboxylic acids is 4. The lowest BCUT2D eigenvalue weighted by atomic mass is 9.89. The Balaban J connectivity index is 0.960. The Morgan fingerprint density at radius 3 is 1.98 bits per heavy atom. The van der Waals surface area contributed by atoms with Crippen molar-refractivity contribution in [3.8, 4) is 33.5 Å². The van der Waals surface area contributed by atoms with Crippen LogP contribution in [0.3, 0.4) is 0 Å². The third-order valence-electron chi connectivity index (χ3n) is 14.1. The van der Waals surface area contributed by atoms with Crippen molar-refractivity contribution in [3.05, 3.63) is 83.6 Å². The first-order chi connectivity index (χ1) is 31.0. The summed E-state index contributed by atoms with van der Waals surface area (Å²) >= 11 is 0. The molecule has 0 radical (unpaired) electrons. The Bertz CT molecular complexity index is 2690. The van der Waals surface area contributed by atoms with Gasteiger partial charge in [0.25, 0.3) is 5.92 Å². The first-order valence-corrected chi connectivity index (χ1v) is 22.5. The van der Waals surface area contributed by atoms with Crippen molar-refractivity contribution in [2.75, 3.05) is 27.3 Å². The van der Waals surface area contributed by atoms with Crippen molar-refractivity contribution in [3.63, 3.8) is 0 Å².